The summed E-state index contributed by atoms with van der Waals surface area (Å²) in [4.78, 5) is 10.9. The van der Waals surface area contributed by atoms with Gasteiger partial charge < -0.3 is 14.8 Å². The normalized spacial score (nSPS) is 19.9. The molecule has 2 rings (SSSR count). The van der Waals surface area contributed by atoms with Crippen LogP contribution in [-0.2, 0) is 9.53 Å². The fourth-order valence-electron chi connectivity index (χ4n) is 1.67. The van der Waals surface area contributed by atoms with Crippen LogP contribution in [0.3, 0.4) is 0 Å². The van der Waals surface area contributed by atoms with Gasteiger partial charge in [0.1, 0.15) is 12.7 Å². The Kier molecular flexibility index (Phi) is 3.23. The first-order chi connectivity index (χ1) is 8.11. The fourth-order valence-corrected chi connectivity index (χ4v) is 1.67. The summed E-state index contributed by atoms with van der Waals surface area (Å²) >= 11 is 0. The molecule has 0 bridgehead atoms. The Bertz CT molecular complexity index is 417. The fraction of sp³-hybridized carbons (Fsp3) is 0.364. The standard InChI is InChI=1S/C11H11F2NO3/c1-16-11-7(12)2-6(3-8(11)13)9-4-14-10(15)5-17-9/h2-3,9H,4-5H2,1H3,(H,14,15)/t9-/m1/s1. The van der Waals surface area contributed by atoms with Crippen LogP contribution in [0.5, 0.6) is 5.75 Å². The number of carbonyl (C=O) groups is 1. The Labute approximate surface area is 96.5 Å². The maximum Gasteiger partial charge on any atom is 0.246 e. The SMILES string of the molecule is COc1c(F)cc([C@H]2CNC(=O)CO2)cc1F. The van der Waals surface area contributed by atoms with Crippen LogP contribution in [0.25, 0.3) is 0 Å². The molecule has 1 fully saturated rings. The molecule has 1 aliphatic heterocycles. The number of halogens is 2. The summed E-state index contributed by atoms with van der Waals surface area (Å²) in [5.41, 5.74) is 0.334. The van der Waals surface area contributed by atoms with Crippen LogP contribution in [-0.4, -0.2) is 26.2 Å². The lowest BCUT2D eigenvalue weighted by atomic mass is 10.1. The van der Waals surface area contributed by atoms with E-state index in [2.05, 4.69) is 10.1 Å². The molecule has 1 amide bonds. The third kappa shape index (κ3) is 2.36. The van der Waals surface area contributed by atoms with Gasteiger partial charge in [-0.25, -0.2) is 8.78 Å². The van der Waals surface area contributed by atoms with E-state index in [-0.39, 0.29) is 19.1 Å². The van der Waals surface area contributed by atoms with E-state index in [1.165, 1.54) is 7.11 Å². The van der Waals surface area contributed by atoms with E-state index < -0.39 is 23.5 Å². The number of hydrogen-bond donors (Lipinski definition) is 1. The van der Waals surface area contributed by atoms with Gasteiger partial charge in [0, 0.05) is 6.54 Å². The quantitative estimate of drug-likeness (QED) is 0.848. The summed E-state index contributed by atoms with van der Waals surface area (Å²) in [5, 5.41) is 2.56. The zero-order chi connectivity index (χ0) is 12.4. The molecular weight excluding hydrogens is 232 g/mol. The molecule has 0 aromatic heterocycles. The molecule has 0 aliphatic carbocycles. The highest BCUT2D eigenvalue weighted by molar-refractivity contribution is 5.77. The predicted molar refractivity (Wildman–Crippen MR) is 54.6 cm³/mol. The van der Waals surface area contributed by atoms with Crippen molar-refractivity contribution < 1.29 is 23.0 Å². The first kappa shape index (κ1) is 11.8. The second-order valence-corrected chi connectivity index (χ2v) is 3.62. The number of benzene rings is 1. The van der Waals surface area contributed by atoms with Crippen molar-refractivity contribution in [3.05, 3.63) is 29.3 Å². The van der Waals surface area contributed by atoms with E-state index in [4.69, 9.17) is 4.74 Å². The number of ether oxygens (including phenoxy) is 2. The van der Waals surface area contributed by atoms with E-state index >= 15 is 0 Å². The summed E-state index contributed by atoms with van der Waals surface area (Å²) in [6.07, 6.45) is -0.539. The van der Waals surface area contributed by atoms with Crippen LogP contribution in [0.4, 0.5) is 8.78 Å². The molecule has 1 aromatic rings. The van der Waals surface area contributed by atoms with Gasteiger partial charge >= 0.3 is 0 Å². The van der Waals surface area contributed by atoms with Crippen LogP contribution in [0.2, 0.25) is 0 Å². The summed E-state index contributed by atoms with van der Waals surface area (Å²) < 4.78 is 36.6. The second-order valence-electron chi connectivity index (χ2n) is 3.62. The number of rotatable bonds is 2. The summed E-state index contributed by atoms with van der Waals surface area (Å²) in [6, 6.07) is 2.29. The summed E-state index contributed by atoms with van der Waals surface area (Å²) in [7, 11) is 1.19. The van der Waals surface area contributed by atoms with Gasteiger partial charge in [0.2, 0.25) is 5.91 Å². The van der Waals surface area contributed by atoms with Gasteiger partial charge in [-0.2, -0.15) is 0 Å². The van der Waals surface area contributed by atoms with Crippen molar-refractivity contribution in [2.75, 3.05) is 20.3 Å². The molecule has 1 atom stereocenters. The van der Waals surface area contributed by atoms with Gasteiger partial charge in [0.15, 0.2) is 17.4 Å². The average Bonchev–Trinajstić information content (AvgIpc) is 2.29. The highest BCUT2D eigenvalue weighted by Gasteiger charge is 2.23. The van der Waals surface area contributed by atoms with Crippen LogP contribution < -0.4 is 10.1 Å². The number of amides is 1. The molecule has 92 valence electrons. The smallest absolute Gasteiger partial charge is 0.246 e. The van der Waals surface area contributed by atoms with Crippen molar-refractivity contribution in [1.29, 1.82) is 0 Å². The maximum atomic E-state index is 13.4. The number of methoxy groups -OCH3 is 1. The number of hydrogen-bond acceptors (Lipinski definition) is 3. The summed E-state index contributed by atoms with van der Waals surface area (Å²) in [5.74, 6) is -2.24. The minimum Gasteiger partial charge on any atom is -0.491 e. The first-order valence-corrected chi connectivity index (χ1v) is 5.03. The topological polar surface area (TPSA) is 47.6 Å². The van der Waals surface area contributed by atoms with E-state index in [1.807, 2.05) is 0 Å². The van der Waals surface area contributed by atoms with Crippen molar-refractivity contribution in [2.45, 2.75) is 6.10 Å². The predicted octanol–water partition coefficient (Wildman–Crippen LogP) is 1.16. The molecule has 1 aromatic carbocycles. The van der Waals surface area contributed by atoms with Gasteiger partial charge in [0.25, 0.3) is 0 Å². The molecule has 1 saturated heterocycles. The van der Waals surface area contributed by atoms with Gasteiger partial charge in [-0.3, -0.25) is 4.79 Å². The zero-order valence-electron chi connectivity index (χ0n) is 9.13. The molecule has 0 radical (unpaired) electrons. The molecular formula is C11H11F2NO3. The van der Waals surface area contributed by atoms with Gasteiger partial charge in [0.05, 0.1) is 7.11 Å². The first-order valence-electron chi connectivity index (χ1n) is 5.03. The second kappa shape index (κ2) is 4.67. The minimum absolute atomic E-state index is 0.111. The molecule has 17 heavy (non-hydrogen) atoms. The van der Waals surface area contributed by atoms with E-state index in [0.29, 0.717) is 5.56 Å². The zero-order valence-corrected chi connectivity index (χ0v) is 9.13. The Morgan fingerprint density at radius 3 is 2.53 bits per heavy atom. The Morgan fingerprint density at radius 2 is 2.06 bits per heavy atom. The van der Waals surface area contributed by atoms with Crippen LogP contribution in [0.15, 0.2) is 12.1 Å². The van der Waals surface area contributed by atoms with Crippen molar-refractivity contribution >= 4 is 5.91 Å². The molecule has 1 N–H and O–H groups in total. The maximum absolute atomic E-state index is 13.4. The van der Waals surface area contributed by atoms with E-state index in [9.17, 15) is 13.6 Å². The monoisotopic (exact) mass is 243 g/mol. The average molecular weight is 243 g/mol. The number of morpholine rings is 1. The molecule has 1 aliphatic rings. The Balaban J connectivity index is 2.25. The molecule has 0 unspecified atom stereocenters. The molecule has 0 saturated carbocycles. The number of nitrogens with one attached hydrogen (secondary N) is 1. The molecule has 0 spiro atoms. The Morgan fingerprint density at radius 1 is 1.41 bits per heavy atom. The van der Waals surface area contributed by atoms with Crippen molar-refractivity contribution in [1.82, 2.24) is 5.32 Å². The van der Waals surface area contributed by atoms with Gasteiger partial charge in [-0.15, -0.1) is 0 Å². The highest BCUT2D eigenvalue weighted by atomic mass is 19.1. The lowest BCUT2D eigenvalue weighted by Crippen LogP contribution is -2.38. The van der Waals surface area contributed by atoms with Crippen LogP contribution >= 0.6 is 0 Å². The van der Waals surface area contributed by atoms with Crippen LogP contribution in [0.1, 0.15) is 11.7 Å². The Hall–Kier alpha value is -1.69. The molecule has 1 heterocycles. The third-order valence-electron chi connectivity index (χ3n) is 2.50. The lowest BCUT2D eigenvalue weighted by Gasteiger charge is -2.23. The van der Waals surface area contributed by atoms with Gasteiger partial charge in [-0.1, -0.05) is 0 Å². The third-order valence-corrected chi connectivity index (χ3v) is 2.50. The van der Waals surface area contributed by atoms with Crippen LogP contribution in [0, 0.1) is 11.6 Å². The van der Waals surface area contributed by atoms with Crippen molar-refractivity contribution in [2.24, 2.45) is 0 Å². The largest absolute Gasteiger partial charge is 0.491 e. The summed E-state index contributed by atoms with van der Waals surface area (Å²) in [6.45, 7) is 0.0873. The lowest BCUT2D eigenvalue weighted by molar-refractivity contribution is -0.133. The molecule has 6 heteroatoms. The van der Waals surface area contributed by atoms with Crippen molar-refractivity contribution in [3.8, 4) is 5.75 Å². The van der Waals surface area contributed by atoms with E-state index in [1.54, 1.807) is 0 Å². The number of carbonyl (C=O) groups excluding carboxylic acids is 1. The van der Waals surface area contributed by atoms with Gasteiger partial charge in [-0.05, 0) is 17.7 Å². The van der Waals surface area contributed by atoms with E-state index in [0.717, 1.165) is 12.1 Å². The molecule has 4 nitrogen and oxygen atoms in total. The highest BCUT2D eigenvalue weighted by Crippen LogP contribution is 2.27. The minimum atomic E-state index is -0.789. The van der Waals surface area contributed by atoms with Crippen molar-refractivity contribution in [3.63, 3.8) is 0 Å².